The van der Waals surface area contributed by atoms with Crippen molar-refractivity contribution < 1.29 is 9.21 Å². The van der Waals surface area contributed by atoms with Gasteiger partial charge in [-0.15, -0.1) is 0 Å². The van der Waals surface area contributed by atoms with E-state index in [1.54, 1.807) is 10.8 Å². The fourth-order valence-electron chi connectivity index (χ4n) is 3.06. The van der Waals surface area contributed by atoms with E-state index in [2.05, 4.69) is 37.0 Å². The van der Waals surface area contributed by atoms with E-state index < -0.39 is 0 Å². The number of carbonyl (C=O) groups is 1. The van der Waals surface area contributed by atoms with Crippen molar-refractivity contribution in [3.8, 4) is 0 Å². The highest BCUT2D eigenvalue weighted by molar-refractivity contribution is 9.11. The van der Waals surface area contributed by atoms with Crippen molar-refractivity contribution in [2.24, 2.45) is 0 Å². The number of carbonyl (C=O) groups excluding carboxylic acids is 1. The van der Waals surface area contributed by atoms with E-state index in [1.807, 2.05) is 36.2 Å². The molecule has 0 radical (unpaired) electrons. The molecule has 3 aromatic heterocycles. The highest BCUT2D eigenvalue weighted by atomic mass is 79.9. The van der Waals surface area contributed by atoms with Gasteiger partial charge in [0.15, 0.2) is 5.69 Å². The first kappa shape index (κ1) is 15.0. The van der Waals surface area contributed by atoms with E-state index in [0.29, 0.717) is 12.2 Å². The van der Waals surface area contributed by atoms with Gasteiger partial charge in [0.2, 0.25) is 0 Å². The highest BCUT2D eigenvalue weighted by Crippen LogP contribution is 2.31. The van der Waals surface area contributed by atoms with Gasteiger partial charge in [-0.1, -0.05) is 0 Å². The highest BCUT2D eigenvalue weighted by Gasteiger charge is 2.31. The summed E-state index contributed by atoms with van der Waals surface area (Å²) in [4.78, 5) is 14.7. The number of hydrogen-bond donors (Lipinski definition) is 0. The van der Waals surface area contributed by atoms with E-state index >= 15 is 0 Å². The first-order valence-corrected chi connectivity index (χ1v) is 8.85. The summed E-state index contributed by atoms with van der Waals surface area (Å²) in [6.07, 6.45) is 4.26. The summed E-state index contributed by atoms with van der Waals surface area (Å²) in [6.45, 7) is 2.66. The molecule has 1 atom stereocenters. The summed E-state index contributed by atoms with van der Waals surface area (Å²) in [5.74, 6) is 0.916. The molecule has 4 heterocycles. The maximum atomic E-state index is 12.9. The van der Waals surface area contributed by atoms with Crippen LogP contribution in [0.2, 0.25) is 0 Å². The Morgan fingerprint density at radius 1 is 1.39 bits per heavy atom. The Labute approximate surface area is 149 Å². The van der Waals surface area contributed by atoms with Crippen LogP contribution in [0.4, 0.5) is 0 Å². The van der Waals surface area contributed by atoms with Gasteiger partial charge in [0, 0.05) is 33.7 Å². The minimum absolute atomic E-state index is 0.00927. The topological polar surface area (TPSA) is 50.8 Å². The maximum absolute atomic E-state index is 12.9. The Morgan fingerprint density at radius 3 is 3.04 bits per heavy atom. The standard InChI is InChI=1S/C16H13Br2N3O2/c1-9-11-3-5-23-15(11)2-4-20(9)16(22)13-7-14-12(18)6-10(17)8-21(14)19-13/h3,5-9H,2,4H2,1H3. The average molecular weight is 439 g/mol. The molecule has 7 heteroatoms. The third-order valence-corrected chi connectivity index (χ3v) is 5.32. The van der Waals surface area contributed by atoms with Crippen LogP contribution in [0.5, 0.6) is 0 Å². The summed E-state index contributed by atoms with van der Waals surface area (Å²) in [7, 11) is 0. The van der Waals surface area contributed by atoms with Crippen LogP contribution in [0.15, 0.2) is 44.0 Å². The Hall–Kier alpha value is -1.60. The first-order chi connectivity index (χ1) is 11.0. The van der Waals surface area contributed by atoms with Crippen LogP contribution in [-0.2, 0) is 6.42 Å². The lowest BCUT2D eigenvalue weighted by Gasteiger charge is -2.32. The van der Waals surface area contributed by atoms with Gasteiger partial charge in [-0.2, -0.15) is 5.10 Å². The molecule has 1 aliphatic rings. The van der Waals surface area contributed by atoms with E-state index in [0.717, 1.165) is 32.2 Å². The van der Waals surface area contributed by atoms with Crippen molar-refractivity contribution in [3.05, 3.63) is 56.6 Å². The fraction of sp³-hybridized carbons (Fsp3) is 0.250. The number of hydrogen-bond acceptors (Lipinski definition) is 3. The van der Waals surface area contributed by atoms with Gasteiger partial charge in [-0.05, 0) is 57.0 Å². The minimum atomic E-state index is -0.0592. The molecule has 0 saturated heterocycles. The number of aromatic nitrogens is 2. The lowest BCUT2D eigenvalue weighted by molar-refractivity contribution is 0.0664. The molecule has 0 aliphatic carbocycles. The molecule has 1 unspecified atom stereocenters. The van der Waals surface area contributed by atoms with Crippen LogP contribution < -0.4 is 0 Å². The Bertz CT molecular complexity index is 915. The van der Waals surface area contributed by atoms with E-state index in [9.17, 15) is 4.79 Å². The third kappa shape index (κ3) is 2.42. The largest absolute Gasteiger partial charge is 0.469 e. The zero-order chi connectivity index (χ0) is 16.1. The molecular formula is C16H13Br2N3O2. The Morgan fingerprint density at radius 2 is 2.22 bits per heavy atom. The normalized spacial score (nSPS) is 17.5. The smallest absolute Gasteiger partial charge is 0.274 e. The molecule has 0 fully saturated rings. The van der Waals surface area contributed by atoms with Crippen LogP contribution in [-0.4, -0.2) is 27.0 Å². The second-order valence-corrected chi connectivity index (χ2v) is 7.36. The molecule has 0 N–H and O–H groups in total. The SMILES string of the molecule is CC1c2ccoc2CCN1C(=O)c1cc2c(Br)cc(Br)cn2n1. The average Bonchev–Trinajstić information content (AvgIpc) is 3.13. The van der Waals surface area contributed by atoms with Crippen LogP contribution in [0, 0.1) is 0 Å². The molecule has 5 nitrogen and oxygen atoms in total. The van der Waals surface area contributed by atoms with Crippen molar-refractivity contribution in [2.75, 3.05) is 6.54 Å². The predicted octanol–water partition coefficient (Wildman–Crippen LogP) is 4.21. The molecule has 0 aromatic carbocycles. The molecule has 0 bridgehead atoms. The van der Waals surface area contributed by atoms with Gasteiger partial charge in [-0.25, -0.2) is 4.52 Å². The first-order valence-electron chi connectivity index (χ1n) is 7.26. The van der Waals surface area contributed by atoms with Crippen molar-refractivity contribution in [2.45, 2.75) is 19.4 Å². The van der Waals surface area contributed by atoms with E-state index in [4.69, 9.17) is 4.42 Å². The van der Waals surface area contributed by atoms with Crippen molar-refractivity contribution >= 4 is 43.3 Å². The summed E-state index contributed by atoms with van der Waals surface area (Å²) in [5.41, 5.74) is 2.39. The van der Waals surface area contributed by atoms with Gasteiger partial charge < -0.3 is 9.32 Å². The third-order valence-electron chi connectivity index (χ3n) is 4.25. The van der Waals surface area contributed by atoms with Crippen molar-refractivity contribution in [1.29, 1.82) is 0 Å². The molecule has 23 heavy (non-hydrogen) atoms. The maximum Gasteiger partial charge on any atom is 0.274 e. The molecule has 0 saturated carbocycles. The molecule has 3 aromatic rings. The molecular weight excluding hydrogens is 426 g/mol. The van der Waals surface area contributed by atoms with Gasteiger partial charge in [0.25, 0.3) is 5.91 Å². The van der Waals surface area contributed by atoms with Crippen molar-refractivity contribution in [1.82, 2.24) is 14.5 Å². The quantitative estimate of drug-likeness (QED) is 0.571. The summed E-state index contributed by atoms with van der Waals surface area (Å²) >= 11 is 6.94. The number of halogens is 2. The Balaban J connectivity index is 1.71. The van der Waals surface area contributed by atoms with E-state index in [1.165, 1.54) is 0 Å². The number of rotatable bonds is 1. The molecule has 0 spiro atoms. The van der Waals surface area contributed by atoms with E-state index in [-0.39, 0.29) is 11.9 Å². The number of nitrogens with zero attached hydrogens (tertiary/aromatic N) is 3. The number of fused-ring (bicyclic) bond motifs is 2. The Kier molecular flexibility index (Phi) is 3.57. The summed E-state index contributed by atoms with van der Waals surface area (Å²) in [6, 6.07) is 5.68. The predicted molar refractivity (Wildman–Crippen MR) is 92.5 cm³/mol. The van der Waals surface area contributed by atoms with Crippen molar-refractivity contribution in [3.63, 3.8) is 0 Å². The second-order valence-electron chi connectivity index (χ2n) is 5.59. The minimum Gasteiger partial charge on any atom is -0.469 e. The van der Waals surface area contributed by atoms with Gasteiger partial charge in [-0.3, -0.25) is 4.79 Å². The molecule has 1 amide bonds. The lowest BCUT2D eigenvalue weighted by Crippen LogP contribution is -2.38. The summed E-state index contributed by atoms with van der Waals surface area (Å²) in [5, 5.41) is 4.43. The summed E-state index contributed by atoms with van der Waals surface area (Å²) < 4.78 is 8.96. The fourth-order valence-corrected chi connectivity index (χ4v) is 4.33. The van der Waals surface area contributed by atoms with Crippen LogP contribution in [0.25, 0.3) is 5.52 Å². The van der Waals surface area contributed by atoms with Gasteiger partial charge in [0.05, 0.1) is 17.8 Å². The number of furan rings is 1. The van der Waals surface area contributed by atoms with Gasteiger partial charge >= 0.3 is 0 Å². The number of amides is 1. The van der Waals surface area contributed by atoms with Gasteiger partial charge in [0.1, 0.15) is 5.76 Å². The van der Waals surface area contributed by atoms with Crippen LogP contribution >= 0.6 is 31.9 Å². The molecule has 118 valence electrons. The zero-order valence-corrected chi connectivity index (χ0v) is 15.5. The monoisotopic (exact) mass is 437 g/mol. The number of pyridine rings is 1. The molecule has 4 rings (SSSR count). The van der Waals surface area contributed by atoms with Crippen LogP contribution in [0.3, 0.4) is 0 Å². The second kappa shape index (κ2) is 5.49. The van der Waals surface area contributed by atoms with Crippen LogP contribution in [0.1, 0.15) is 34.8 Å². The zero-order valence-electron chi connectivity index (χ0n) is 12.3. The lowest BCUT2D eigenvalue weighted by atomic mass is 10.0. The molecule has 1 aliphatic heterocycles.